The second-order valence-corrected chi connectivity index (χ2v) is 7.77. The van der Waals surface area contributed by atoms with Crippen LogP contribution in [0.3, 0.4) is 0 Å². The fourth-order valence-electron chi connectivity index (χ4n) is 3.97. The number of rotatable bonds is 7. The third-order valence-electron chi connectivity index (χ3n) is 5.86. The van der Waals surface area contributed by atoms with E-state index in [0.29, 0.717) is 18.3 Å². The second-order valence-electron chi connectivity index (χ2n) is 7.77. The van der Waals surface area contributed by atoms with Gasteiger partial charge in [0.15, 0.2) is 0 Å². The smallest absolute Gasteiger partial charge is 0.120 e. The number of nitrogens with zero attached hydrogens (tertiary/aromatic N) is 4. The molecule has 30 heavy (non-hydrogen) atoms. The average molecular weight is 404 g/mol. The van der Waals surface area contributed by atoms with Gasteiger partial charge < -0.3 is 16.0 Å². The number of anilines is 1. The summed E-state index contributed by atoms with van der Waals surface area (Å²) in [6.45, 7) is 4.70. The van der Waals surface area contributed by atoms with Gasteiger partial charge in [0.2, 0.25) is 0 Å². The standard InChI is InChI=1S/C23H29N7/c1-4-17-14(2)21-23(29-17)19(27-12-20(24)28-13-25-3)11-18(30-21)16-9-6-10-26-22(16)15-7-5-8-15/h6,9-11,13,15,29H,4-5,7-8,12H2,1-3H3,(H,27,30)(H2,24,25,28). The van der Waals surface area contributed by atoms with Crippen molar-refractivity contribution in [3.05, 3.63) is 41.3 Å². The largest absolute Gasteiger partial charge is 0.386 e. The Morgan fingerprint density at radius 3 is 2.93 bits per heavy atom. The molecule has 0 aliphatic heterocycles. The zero-order chi connectivity index (χ0) is 21.1. The Hall–Kier alpha value is -3.22. The molecule has 0 aromatic carbocycles. The van der Waals surface area contributed by atoms with Crippen molar-refractivity contribution in [1.29, 1.82) is 0 Å². The Balaban J connectivity index is 1.81. The van der Waals surface area contributed by atoms with Crippen LogP contribution in [0.5, 0.6) is 0 Å². The molecule has 0 radical (unpaired) electrons. The van der Waals surface area contributed by atoms with Gasteiger partial charge in [-0.1, -0.05) is 13.3 Å². The van der Waals surface area contributed by atoms with Crippen LogP contribution in [0.4, 0.5) is 5.69 Å². The van der Waals surface area contributed by atoms with E-state index in [1.54, 1.807) is 7.05 Å². The molecule has 156 valence electrons. The average Bonchev–Trinajstić information content (AvgIpc) is 3.05. The lowest BCUT2D eigenvalue weighted by Crippen LogP contribution is -2.23. The lowest BCUT2D eigenvalue weighted by molar-refractivity contribution is 0.412. The van der Waals surface area contributed by atoms with Crippen LogP contribution < -0.4 is 11.1 Å². The molecular formula is C23H29N7. The molecule has 1 fully saturated rings. The number of aliphatic imine (C=N–C) groups is 2. The number of H-pyrrole nitrogens is 1. The van der Waals surface area contributed by atoms with Gasteiger partial charge in [0, 0.05) is 30.4 Å². The number of amidine groups is 1. The van der Waals surface area contributed by atoms with Crippen LogP contribution >= 0.6 is 0 Å². The maximum atomic E-state index is 6.01. The van der Waals surface area contributed by atoms with Gasteiger partial charge in [-0.15, -0.1) is 0 Å². The minimum Gasteiger partial charge on any atom is -0.386 e. The van der Waals surface area contributed by atoms with Crippen molar-refractivity contribution in [2.24, 2.45) is 15.7 Å². The Morgan fingerprint density at radius 1 is 1.40 bits per heavy atom. The van der Waals surface area contributed by atoms with Gasteiger partial charge >= 0.3 is 0 Å². The number of hydrogen-bond acceptors (Lipinski definition) is 4. The van der Waals surface area contributed by atoms with E-state index >= 15 is 0 Å². The molecule has 1 aliphatic rings. The van der Waals surface area contributed by atoms with E-state index < -0.39 is 0 Å². The first kappa shape index (κ1) is 20.1. The van der Waals surface area contributed by atoms with Crippen molar-refractivity contribution in [2.45, 2.75) is 45.4 Å². The normalized spacial score (nSPS) is 15.1. The highest BCUT2D eigenvalue weighted by Gasteiger charge is 2.25. The topological polar surface area (TPSA) is 104 Å². The first-order valence-corrected chi connectivity index (χ1v) is 10.6. The molecule has 0 spiro atoms. The predicted molar refractivity (Wildman–Crippen MR) is 125 cm³/mol. The van der Waals surface area contributed by atoms with Crippen molar-refractivity contribution in [1.82, 2.24) is 15.0 Å². The summed E-state index contributed by atoms with van der Waals surface area (Å²) in [5.41, 5.74) is 14.6. The maximum absolute atomic E-state index is 6.01. The van der Waals surface area contributed by atoms with Crippen LogP contribution in [0.25, 0.3) is 22.3 Å². The maximum Gasteiger partial charge on any atom is 0.120 e. The molecule has 3 aromatic rings. The van der Waals surface area contributed by atoms with Gasteiger partial charge in [-0.3, -0.25) is 9.98 Å². The molecule has 1 saturated carbocycles. The highest BCUT2D eigenvalue weighted by molar-refractivity contribution is 5.97. The van der Waals surface area contributed by atoms with Gasteiger partial charge in [-0.2, -0.15) is 0 Å². The molecule has 0 amide bonds. The van der Waals surface area contributed by atoms with Crippen molar-refractivity contribution in [2.75, 3.05) is 18.9 Å². The van der Waals surface area contributed by atoms with Gasteiger partial charge in [-0.25, -0.2) is 9.98 Å². The number of nitrogens with one attached hydrogen (secondary N) is 2. The summed E-state index contributed by atoms with van der Waals surface area (Å²) in [4.78, 5) is 21.3. The number of hydrogen-bond donors (Lipinski definition) is 3. The van der Waals surface area contributed by atoms with Crippen LogP contribution in [0.2, 0.25) is 0 Å². The van der Waals surface area contributed by atoms with Crippen LogP contribution in [-0.4, -0.2) is 40.7 Å². The van der Waals surface area contributed by atoms with Crippen LogP contribution in [0, 0.1) is 6.92 Å². The zero-order valence-corrected chi connectivity index (χ0v) is 17.9. The molecule has 3 heterocycles. The second kappa shape index (κ2) is 8.65. The van der Waals surface area contributed by atoms with E-state index in [2.05, 4.69) is 46.3 Å². The highest BCUT2D eigenvalue weighted by Crippen LogP contribution is 2.40. The van der Waals surface area contributed by atoms with Crippen molar-refractivity contribution < 1.29 is 0 Å². The Labute approximate surface area is 177 Å². The zero-order valence-electron chi connectivity index (χ0n) is 17.9. The lowest BCUT2D eigenvalue weighted by atomic mass is 9.80. The minimum atomic E-state index is 0.423. The molecule has 0 saturated heterocycles. The van der Waals surface area contributed by atoms with E-state index in [0.717, 1.165) is 40.1 Å². The summed E-state index contributed by atoms with van der Waals surface area (Å²) in [5, 5.41) is 3.44. The Kier molecular flexibility index (Phi) is 5.79. The van der Waals surface area contributed by atoms with Gasteiger partial charge in [0.05, 0.1) is 34.7 Å². The van der Waals surface area contributed by atoms with Crippen LogP contribution in [0.1, 0.15) is 49.1 Å². The molecule has 3 aromatic heterocycles. The molecule has 4 N–H and O–H groups in total. The quantitative estimate of drug-likeness (QED) is 0.406. The summed E-state index contributed by atoms with van der Waals surface area (Å²) in [7, 11) is 1.67. The fourth-order valence-corrected chi connectivity index (χ4v) is 3.97. The van der Waals surface area contributed by atoms with E-state index in [4.69, 9.17) is 15.7 Å². The molecule has 0 atom stereocenters. The van der Waals surface area contributed by atoms with Crippen LogP contribution in [-0.2, 0) is 6.42 Å². The van der Waals surface area contributed by atoms with E-state index in [1.807, 2.05) is 12.3 Å². The van der Waals surface area contributed by atoms with E-state index in [-0.39, 0.29) is 0 Å². The third kappa shape index (κ3) is 3.79. The van der Waals surface area contributed by atoms with Crippen molar-refractivity contribution >= 4 is 28.9 Å². The highest BCUT2D eigenvalue weighted by atomic mass is 15.0. The minimum absolute atomic E-state index is 0.423. The number of nitrogens with two attached hydrogens (primary N) is 1. The summed E-state index contributed by atoms with van der Waals surface area (Å²) in [6, 6.07) is 6.22. The van der Waals surface area contributed by atoms with E-state index in [9.17, 15) is 0 Å². The van der Waals surface area contributed by atoms with Crippen molar-refractivity contribution in [3.8, 4) is 11.3 Å². The van der Waals surface area contributed by atoms with Gasteiger partial charge in [0.25, 0.3) is 0 Å². The fraction of sp³-hybridized carbons (Fsp3) is 0.391. The molecular weight excluding hydrogens is 374 g/mol. The monoisotopic (exact) mass is 403 g/mol. The molecule has 7 nitrogen and oxygen atoms in total. The third-order valence-corrected chi connectivity index (χ3v) is 5.86. The number of fused-ring (bicyclic) bond motifs is 1. The molecule has 0 unspecified atom stereocenters. The molecule has 7 heteroatoms. The van der Waals surface area contributed by atoms with Crippen LogP contribution in [0.15, 0.2) is 34.4 Å². The number of pyridine rings is 2. The van der Waals surface area contributed by atoms with Crippen molar-refractivity contribution in [3.63, 3.8) is 0 Å². The summed E-state index contributed by atoms with van der Waals surface area (Å²) in [6.07, 6.45) is 7.94. The Morgan fingerprint density at radius 2 is 2.23 bits per heavy atom. The first-order valence-electron chi connectivity index (χ1n) is 10.6. The summed E-state index contributed by atoms with van der Waals surface area (Å²) < 4.78 is 0. The molecule has 4 rings (SSSR count). The number of aromatic nitrogens is 3. The van der Waals surface area contributed by atoms with Gasteiger partial charge in [0.1, 0.15) is 12.2 Å². The number of aryl methyl sites for hydroxylation is 2. The van der Waals surface area contributed by atoms with Gasteiger partial charge in [-0.05, 0) is 49.9 Å². The summed E-state index contributed by atoms with van der Waals surface area (Å²) in [5.74, 6) is 1.01. The molecule has 0 bridgehead atoms. The summed E-state index contributed by atoms with van der Waals surface area (Å²) >= 11 is 0. The predicted octanol–water partition coefficient (Wildman–Crippen LogP) is 4.19. The Bertz CT molecular complexity index is 1110. The molecule has 1 aliphatic carbocycles. The number of aromatic amines is 1. The lowest BCUT2D eigenvalue weighted by Gasteiger charge is -2.26. The SMILES string of the molecule is CCc1[nH]c2c(NCC(N)=NC=NC)cc(-c3cccnc3C3CCC3)nc2c1C. The van der Waals surface area contributed by atoms with E-state index in [1.165, 1.54) is 36.9 Å². The first-order chi connectivity index (χ1) is 14.6.